The zero-order valence-corrected chi connectivity index (χ0v) is 12.5. The van der Waals surface area contributed by atoms with Gasteiger partial charge in [0.25, 0.3) is 0 Å². The van der Waals surface area contributed by atoms with E-state index in [9.17, 15) is 0 Å². The summed E-state index contributed by atoms with van der Waals surface area (Å²) in [5.41, 5.74) is 2.98. The van der Waals surface area contributed by atoms with Crippen LogP contribution in [0.5, 0.6) is 0 Å². The van der Waals surface area contributed by atoms with E-state index >= 15 is 0 Å². The van der Waals surface area contributed by atoms with Crippen LogP contribution in [0.1, 0.15) is 28.8 Å². The Labute approximate surface area is 118 Å². The molecule has 0 spiro atoms. The molecule has 3 heteroatoms. The number of rotatable bonds is 7. The van der Waals surface area contributed by atoms with Gasteiger partial charge in [0.1, 0.15) is 0 Å². The van der Waals surface area contributed by atoms with Gasteiger partial charge in [-0.2, -0.15) is 0 Å². The van der Waals surface area contributed by atoms with Crippen molar-refractivity contribution in [1.82, 2.24) is 0 Å². The number of halogens is 1. The van der Waals surface area contributed by atoms with Gasteiger partial charge in [-0.05, 0) is 36.3 Å². The summed E-state index contributed by atoms with van der Waals surface area (Å²) in [7, 11) is 1.70. The second kappa shape index (κ2) is 7.27. The molecular weight excluding hydrogens is 292 g/mol. The predicted octanol–water partition coefficient (Wildman–Crippen LogP) is 3.74. The molecule has 1 aromatic rings. The van der Waals surface area contributed by atoms with Gasteiger partial charge in [0, 0.05) is 18.5 Å². The number of benzene rings is 1. The summed E-state index contributed by atoms with van der Waals surface area (Å²) < 4.78 is 10.5. The van der Waals surface area contributed by atoms with Crippen LogP contribution in [-0.4, -0.2) is 26.9 Å². The van der Waals surface area contributed by atoms with E-state index in [1.807, 2.05) is 0 Å². The summed E-state index contributed by atoms with van der Waals surface area (Å²) in [6.45, 7) is 2.24. The molecule has 2 unspecified atom stereocenters. The molecule has 1 aliphatic rings. The number of methoxy groups -OCH3 is 1. The third-order valence-corrected chi connectivity index (χ3v) is 4.78. The molecule has 0 saturated carbocycles. The standard InChI is InChI=1S/C15H21BrO2/c1-17-9-10-18-8-4-6-13-11-12-5-2-3-7-14(12)15(13)16/h2-3,5,7,13,15H,4,6,8-11H2,1H3. The monoisotopic (exact) mass is 312 g/mol. The van der Waals surface area contributed by atoms with Crippen molar-refractivity contribution in [2.75, 3.05) is 26.9 Å². The first-order valence-electron chi connectivity index (χ1n) is 6.61. The van der Waals surface area contributed by atoms with Gasteiger partial charge in [-0.1, -0.05) is 40.2 Å². The molecule has 0 amide bonds. The van der Waals surface area contributed by atoms with Crippen LogP contribution in [0.3, 0.4) is 0 Å². The molecule has 0 heterocycles. The number of alkyl halides is 1. The number of hydrogen-bond donors (Lipinski definition) is 0. The van der Waals surface area contributed by atoms with E-state index in [0.29, 0.717) is 24.0 Å². The van der Waals surface area contributed by atoms with Crippen LogP contribution in [0.25, 0.3) is 0 Å². The number of fused-ring (bicyclic) bond motifs is 1. The van der Waals surface area contributed by atoms with E-state index in [-0.39, 0.29) is 0 Å². The minimum Gasteiger partial charge on any atom is -0.382 e. The van der Waals surface area contributed by atoms with Crippen LogP contribution in [0.15, 0.2) is 24.3 Å². The SMILES string of the molecule is COCCOCCCC1Cc2ccccc2C1Br. The molecule has 0 saturated heterocycles. The largest absolute Gasteiger partial charge is 0.382 e. The molecule has 1 aliphatic carbocycles. The smallest absolute Gasteiger partial charge is 0.0700 e. The Morgan fingerprint density at radius 1 is 1.22 bits per heavy atom. The van der Waals surface area contributed by atoms with Gasteiger partial charge in [-0.25, -0.2) is 0 Å². The van der Waals surface area contributed by atoms with Gasteiger partial charge in [-0.15, -0.1) is 0 Å². The van der Waals surface area contributed by atoms with E-state index in [2.05, 4.69) is 40.2 Å². The average Bonchev–Trinajstić information content (AvgIpc) is 2.71. The lowest BCUT2D eigenvalue weighted by molar-refractivity contribution is 0.0673. The zero-order chi connectivity index (χ0) is 12.8. The molecule has 2 atom stereocenters. The Morgan fingerprint density at radius 2 is 2.06 bits per heavy atom. The highest BCUT2D eigenvalue weighted by Gasteiger charge is 2.29. The Kier molecular flexibility index (Phi) is 5.67. The second-order valence-corrected chi connectivity index (χ2v) is 5.80. The van der Waals surface area contributed by atoms with Crippen molar-refractivity contribution in [3.63, 3.8) is 0 Å². The molecule has 0 N–H and O–H groups in total. The summed E-state index contributed by atoms with van der Waals surface area (Å²) >= 11 is 3.84. The molecule has 0 radical (unpaired) electrons. The van der Waals surface area contributed by atoms with Crippen molar-refractivity contribution >= 4 is 15.9 Å². The molecule has 0 fully saturated rings. The van der Waals surface area contributed by atoms with Crippen LogP contribution < -0.4 is 0 Å². The van der Waals surface area contributed by atoms with Crippen LogP contribution >= 0.6 is 15.9 Å². The van der Waals surface area contributed by atoms with E-state index in [1.165, 1.54) is 24.0 Å². The summed E-state index contributed by atoms with van der Waals surface area (Å²) in [4.78, 5) is 0.521. The van der Waals surface area contributed by atoms with Gasteiger partial charge in [0.15, 0.2) is 0 Å². The minimum absolute atomic E-state index is 0.521. The third kappa shape index (κ3) is 3.56. The first kappa shape index (κ1) is 14.0. The predicted molar refractivity (Wildman–Crippen MR) is 77.2 cm³/mol. The van der Waals surface area contributed by atoms with Crippen LogP contribution in [0.4, 0.5) is 0 Å². The van der Waals surface area contributed by atoms with E-state index in [4.69, 9.17) is 9.47 Å². The lowest BCUT2D eigenvalue weighted by atomic mass is 10.0. The van der Waals surface area contributed by atoms with Gasteiger partial charge in [0.05, 0.1) is 13.2 Å². The average molecular weight is 313 g/mol. The minimum atomic E-state index is 0.521. The lowest BCUT2D eigenvalue weighted by Gasteiger charge is -2.14. The fourth-order valence-corrected chi connectivity index (χ4v) is 3.47. The lowest BCUT2D eigenvalue weighted by Crippen LogP contribution is -2.07. The second-order valence-electron chi connectivity index (χ2n) is 4.81. The summed E-state index contributed by atoms with van der Waals surface area (Å²) in [5.74, 6) is 0.716. The van der Waals surface area contributed by atoms with Gasteiger partial charge < -0.3 is 9.47 Å². The number of ether oxygens (including phenoxy) is 2. The Morgan fingerprint density at radius 3 is 2.83 bits per heavy atom. The van der Waals surface area contributed by atoms with Gasteiger partial charge >= 0.3 is 0 Å². The zero-order valence-electron chi connectivity index (χ0n) is 10.9. The maximum Gasteiger partial charge on any atom is 0.0700 e. The molecule has 0 aliphatic heterocycles. The van der Waals surface area contributed by atoms with Crippen molar-refractivity contribution in [2.24, 2.45) is 5.92 Å². The van der Waals surface area contributed by atoms with Crippen molar-refractivity contribution < 1.29 is 9.47 Å². The van der Waals surface area contributed by atoms with Crippen LogP contribution in [0.2, 0.25) is 0 Å². The van der Waals surface area contributed by atoms with E-state index < -0.39 is 0 Å². The highest BCUT2D eigenvalue weighted by atomic mass is 79.9. The first-order chi connectivity index (χ1) is 8.83. The van der Waals surface area contributed by atoms with E-state index in [0.717, 1.165) is 13.0 Å². The number of hydrogen-bond acceptors (Lipinski definition) is 2. The quantitative estimate of drug-likeness (QED) is 0.564. The first-order valence-corrected chi connectivity index (χ1v) is 7.53. The third-order valence-electron chi connectivity index (χ3n) is 3.54. The summed E-state index contributed by atoms with van der Waals surface area (Å²) in [6.07, 6.45) is 3.55. The maximum absolute atomic E-state index is 5.51. The fraction of sp³-hybridized carbons (Fsp3) is 0.600. The molecule has 1 aromatic carbocycles. The highest BCUT2D eigenvalue weighted by Crippen LogP contribution is 2.43. The Bertz CT molecular complexity index is 367. The van der Waals surface area contributed by atoms with Crippen molar-refractivity contribution in [2.45, 2.75) is 24.1 Å². The van der Waals surface area contributed by atoms with Crippen LogP contribution in [-0.2, 0) is 15.9 Å². The highest BCUT2D eigenvalue weighted by molar-refractivity contribution is 9.09. The maximum atomic E-state index is 5.51. The topological polar surface area (TPSA) is 18.5 Å². The normalized spacial score (nSPS) is 22.1. The molecular formula is C15H21BrO2. The summed E-state index contributed by atoms with van der Waals surface area (Å²) in [5, 5.41) is 0. The van der Waals surface area contributed by atoms with Gasteiger partial charge in [-0.3, -0.25) is 0 Å². The van der Waals surface area contributed by atoms with Gasteiger partial charge in [0.2, 0.25) is 0 Å². The van der Waals surface area contributed by atoms with Crippen molar-refractivity contribution in [3.05, 3.63) is 35.4 Å². The van der Waals surface area contributed by atoms with E-state index in [1.54, 1.807) is 7.11 Å². The Balaban J connectivity index is 1.70. The van der Waals surface area contributed by atoms with Crippen molar-refractivity contribution in [1.29, 1.82) is 0 Å². The molecule has 2 nitrogen and oxygen atoms in total. The molecule has 0 aromatic heterocycles. The Hall–Kier alpha value is -0.380. The molecule has 2 rings (SSSR count). The molecule has 18 heavy (non-hydrogen) atoms. The molecule has 100 valence electrons. The fourth-order valence-electron chi connectivity index (χ4n) is 2.57. The van der Waals surface area contributed by atoms with Crippen molar-refractivity contribution in [3.8, 4) is 0 Å². The molecule has 0 bridgehead atoms. The summed E-state index contributed by atoms with van der Waals surface area (Å²) in [6, 6.07) is 8.75. The van der Waals surface area contributed by atoms with Crippen LogP contribution in [0, 0.1) is 5.92 Å².